The summed E-state index contributed by atoms with van der Waals surface area (Å²) in [6.07, 6.45) is 0. The number of hydrogen-bond acceptors (Lipinski definition) is 3. The van der Waals surface area contributed by atoms with Gasteiger partial charge in [-0.05, 0) is 44.9 Å². The molecule has 2 aromatic rings. The Balaban J connectivity index is 2.51. The van der Waals surface area contributed by atoms with Gasteiger partial charge in [0, 0.05) is 17.0 Å². The van der Waals surface area contributed by atoms with Crippen LogP contribution in [0.2, 0.25) is 0 Å². The Morgan fingerprint density at radius 1 is 1.11 bits per heavy atom. The van der Waals surface area contributed by atoms with E-state index in [2.05, 4.69) is 35.9 Å². The highest BCUT2D eigenvalue weighted by atomic mass is 14.9. The van der Waals surface area contributed by atoms with Gasteiger partial charge in [-0.15, -0.1) is 0 Å². The fraction of sp³-hybridized carbons (Fsp3) is 0.375. The highest BCUT2D eigenvalue weighted by Gasteiger charge is 2.14. The van der Waals surface area contributed by atoms with Gasteiger partial charge in [0.1, 0.15) is 0 Å². The monoisotopic (exact) mass is 255 g/mol. The Hall–Kier alpha value is -1.74. The number of rotatable bonds is 3. The number of aryl methyl sites for hydroxylation is 3. The molecule has 0 aliphatic rings. The molecule has 0 saturated carbocycles. The van der Waals surface area contributed by atoms with Gasteiger partial charge in [0.25, 0.3) is 0 Å². The molecule has 3 heteroatoms. The van der Waals surface area contributed by atoms with E-state index in [1.54, 1.807) is 0 Å². The lowest BCUT2D eigenvalue weighted by Crippen LogP contribution is -2.14. The predicted octanol–water partition coefficient (Wildman–Crippen LogP) is 3.13. The SMILES string of the molecule is Cc1cccc(-c2nc(C)c(C(C)CN)c(C)n2)c1. The van der Waals surface area contributed by atoms with Gasteiger partial charge in [0.2, 0.25) is 0 Å². The highest BCUT2D eigenvalue weighted by molar-refractivity contribution is 5.57. The lowest BCUT2D eigenvalue weighted by molar-refractivity contribution is 0.744. The van der Waals surface area contributed by atoms with E-state index in [-0.39, 0.29) is 0 Å². The summed E-state index contributed by atoms with van der Waals surface area (Å²) < 4.78 is 0. The standard InChI is InChI=1S/C16H21N3/c1-10-6-5-7-14(8-10)16-18-12(3)15(11(2)9-17)13(4)19-16/h5-8,11H,9,17H2,1-4H3. The Morgan fingerprint density at radius 2 is 1.74 bits per heavy atom. The second kappa shape index (κ2) is 5.49. The molecule has 0 fully saturated rings. The smallest absolute Gasteiger partial charge is 0.159 e. The number of nitrogens with two attached hydrogens (primary N) is 1. The van der Waals surface area contributed by atoms with Crippen molar-refractivity contribution in [3.63, 3.8) is 0 Å². The van der Waals surface area contributed by atoms with E-state index in [9.17, 15) is 0 Å². The van der Waals surface area contributed by atoms with Crippen LogP contribution in [-0.4, -0.2) is 16.5 Å². The first-order valence-electron chi connectivity index (χ1n) is 6.65. The summed E-state index contributed by atoms with van der Waals surface area (Å²) in [5, 5.41) is 0. The van der Waals surface area contributed by atoms with Crippen molar-refractivity contribution >= 4 is 0 Å². The quantitative estimate of drug-likeness (QED) is 0.916. The van der Waals surface area contributed by atoms with E-state index in [0.717, 1.165) is 22.8 Å². The van der Waals surface area contributed by atoms with Crippen molar-refractivity contribution in [1.29, 1.82) is 0 Å². The Bertz CT molecular complexity index is 567. The third-order valence-corrected chi connectivity index (χ3v) is 3.45. The first-order valence-corrected chi connectivity index (χ1v) is 6.65. The minimum atomic E-state index is 0.298. The molecule has 1 heterocycles. The molecule has 3 nitrogen and oxygen atoms in total. The van der Waals surface area contributed by atoms with E-state index in [1.807, 2.05) is 26.0 Å². The van der Waals surface area contributed by atoms with Gasteiger partial charge in [-0.2, -0.15) is 0 Å². The van der Waals surface area contributed by atoms with Crippen LogP contribution in [0.15, 0.2) is 24.3 Å². The van der Waals surface area contributed by atoms with E-state index in [0.29, 0.717) is 12.5 Å². The number of benzene rings is 1. The molecule has 0 aliphatic carbocycles. The molecular formula is C16H21N3. The molecule has 1 atom stereocenters. The molecule has 1 aromatic carbocycles. The normalized spacial score (nSPS) is 12.5. The van der Waals surface area contributed by atoms with Crippen LogP contribution in [0.5, 0.6) is 0 Å². The van der Waals surface area contributed by atoms with Gasteiger partial charge < -0.3 is 5.73 Å². The molecule has 19 heavy (non-hydrogen) atoms. The largest absolute Gasteiger partial charge is 0.330 e. The molecule has 0 bridgehead atoms. The average molecular weight is 255 g/mol. The number of nitrogens with zero attached hydrogens (tertiary/aromatic N) is 2. The summed E-state index contributed by atoms with van der Waals surface area (Å²) in [7, 11) is 0. The van der Waals surface area contributed by atoms with Crippen LogP contribution in [0.3, 0.4) is 0 Å². The van der Waals surface area contributed by atoms with Crippen LogP contribution < -0.4 is 5.73 Å². The molecule has 1 aromatic heterocycles. The summed E-state index contributed by atoms with van der Waals surface area (Å²) >= 11 is 0. The van der Waals surface area contributed by atoms with Gasteiger partial charge in [-0.1, -0.05) is 30.7 Å². The molecule has 2 N–H and O–H groups in total. The molecular weight excluding hydrogens is 234 g/mol. The first-order chi connectivity index (χ1) is 9.02. The zero-order chi connectivity index (χ0) is 14.0. The predicted molar refractivity (Wildman–Crippen MR) is 79.1 cm³/mol. The van der Waals surface area contributed by atoms with E-state index >= 15 is 0 Å². The second-order valence-corrected chi connectivity index (χ2v) is 5.14. The number of hydrogen-bond donors (Lipinski definition) is 1. The van der Waals surface area contributed by atoms with Crippen molar-refractivity contribution in [3.05, 3.63) is 46.8 Å². The van der Waals surface area contributed by atoms with Crippen molar-refractivity contribution in [1.82, 2.24) is 9.97 Å². The molecule has 0 aliphatic heterocycles. The summed E-state index contributed by atoms with van der Waals surface area (Å²) in [4.78, 5) is 9.30. The van der Waals surface area contributed by atoms with Crippen molar-refractivity contribution in [2.45, 2.75) is 33.6 Å². The Morgan fingerprint density at radius 3 is 2.26 bits per heavy atom. The lowest BCUT2D eigenvalue weighted by atomic mass is 9.98. The van der Waals surface area contributed by atoms with Crippen LogP contribution in [0, 0.1) is 20.8 Å². The maximum absolute atomic E-state index is 5.76. The van der Waals surface area contributed by atoms with Gasteiger partial charge in [0.05, 0.1) is 0 Å². The topological polar surface area (TPSA) is 51.8 Å². The van der Waals surface area contributed by atoms with E-state index < -0.39 is 0 Å². The summed E-state index contributed by atoms with van der Waals surface area (Å²) in [5.74, 6) is 1.10. The third-order valence-electron chi connectivity index (χ3n) is 3.45. The van der Waals surface area contributed by atoms with Crippen molar-refractivity contribution in [2.75, 3.05) is 6.54 Å². The van der Waals surface area contributed by atoms with Gasteiger partial charge in [0.15, 0.2) is 5.82 Å². The van der Waals surface area contributed by atoms with Crippen LogP contribution in [0.4, 0.5) is 0 Å². The summed E-state index contributed by atoms with van der Waals surface area (Å²) in [6, 6.07) is 8.27. The molecule has 0 saturated heterocycles. The van der Waals surface area contributed by atoms with Crippen molar-refractivity contribution in [3.8, 4) is 11.4 Å². The molecule has 2 rings (SSSR count). The highest BCUT2D eigenvalue weighted by Crippen LogP contribution is 2.24. The van der Waals surface area contributed by atoms with Crippen LogP contribution in [0.25, 0.3) is 11.4 Å². The maximum Gasteiger partial charge on any atom is 0.159 e. The summed E-state index contributed by atoms with van der Waals surface area (Å²) in [6.45, 7) is 8.89. The van der Waals surface area contributed by atoms with Gasteiger partial charge in [-0.25, -0.2) is 9.97 Å². The number of aromatic nitrogens is 2. The zero-order valence-corrected chi connectivity index (χ0v) is 12.1. The third kappa shape index (κ3) is 2.82. The molecule has 0 spiro atoms. The van der Waals surface area contributed by atoms with Gasteiger partial charge in [-0.3, -0.25) is 0 Å². The van der Waals surface area contributed by atoms with Gasteiger partial charge >= 0.3 is 0 Å². The maximum atomic E-state index is 5.76. The van der Waals surface area contributed by atoms with E-state index in [4.69, 9.17) is 5.73 Å². The lowest BCUT2D eigenvalue weighted by Gasteiger charge is -2.15. The molecule has 100 valence electrons. The molecule has 1 unspecified atom stereocenters. The Labute approximate surface area is 114 Å². The molecule has 0 amide bonds. The minimum absolute atomic E-state index is 0.298. The average Bonchev–Trinajstić information content (AvgIpc) is 2.37. The van der Waals surface area contributed by atoms with Crippen LogP contribution in [-0.2, 0) is 0 Å². The fourth-order valence-corrected chi connectivity index (χ4v) is 2.47. The first kappa shape index (κ1) is 13.7. The van der Waals surface area contributed by atoms with Crippen LogP contribution in [0.1, 0.15) is 35.4 Å². The minimum Gasteiger partial charge on any atom is -0.330 e. The fourth-order valence-electron chi connectivity index (χ4n) is 2.47. The zero-order valence-electron chi connectivity index (χ0n) is 12.1. The second-order valence-electron chi connectivity index (χ2n) is 5.14. The van der Waals surface area contributed by atoms with E-state index in [1.165, 1.54) is 11.1 Å². The molecule has 0 radical (unpaired) electrons. The van der Waals surface area contributed by atoms with Crippen molar-refractivity contribution in [2.24, 2.45) is 5.73 Å². The Kier molecular flexibility index (Phi) is 3.96. The van der Waals surface area contributed by atoms with Crippen LogP contribution >= 0.6 is 0 Å². The van der Waals surface area contributed by atoms with Crippen molar-refractivity contribution < 1.29 is 0 Å². The summed E-state index contributed by atoms with van der Waals surface area (Å²) in [5.41, 5.74) is 11.3.